The molecule has 0 atom stereocenters. The van der Waals surface area contributed by atoms with E-state index in [9.17, 15) is 9.59 Å². The first-order valence-corrected chi connectivity index (χ1v) is 7.62. The number of benzene rings is 3. The molecule has 0 radical (unpaired) electrons. The largest absolute Gasteiger partial charge is 0.268 e. The third-order valence-corrected chi connectivity index (χ3v) is 4.42. The fraction of sp³-hybridized carbons (Fsp3) is 0.0526. The van der Waals surface area contributed by atoms with Crippen molar-refractivity contribution in [2.75, 3.05) is 4.90 Å². The van der Waals surface area contributed by atoms with E-state index in [1.165, 1.54) is 4.90 Å². The predicted octanol–water partition coefficient (Wildman–Crippen LogP) is 4.60. The van der Waals surface area contributed by atoms with Crippen molar-refractivity contribution in [1.82, 2.24) is 0 Å². The zero-order valence-electron chi connectivity index (χ0n) is 12.3. The van der Waals surface area contributed by atoms with Gasteiger partial charge in [-0.1, -0.05) is 41.9 Å². The molecule has 3 aromatic carbocycles. The van der Waals surface area contributed by atoms with Crippen LogP contribution < -0.4 is 4.90 Å². The Kier molecular flexibility index (Phi) is 3.00. The van der Waals surface area contributed by atoms with Crippen molar-refractivity contribution in [1.29, 1.82) is 0 Å². The molecule has 0 bridgehead atoms. The minimum atomic E-state index is -0.315. The Balaban J connectivity index is 2.01. The summed E-state index contributed by atoms with van der Waals surface area (Å²) in [7, 11) is 0. The lowest BCUT2D eigenvalue weighted by Gasteiger charge is -2.28. The number of carbonyl (C=O) groups excluding carboxylic acids is 2. The Labute approximate surface area is 138 Å². The van der Waals surface area contributed by atoms with Gasteiger partial charge in [0.25, 0.3) is 11.8 Å². The third kappa shape index (κ3) is 1.97. The van der Waals surface area contributed by atoms with E-state index in [0.29, 0.717) is 21.8 Å². The number of rotatable bonds is 1. The first-order valence-electron chi connectivity index (χ1n) is 7.24. The molecule has 4 rings (SSSR count). The number of nitrogens with zero attached hydrogens (tertiary/aromatic N) is 1. The molecule has 0 saturated carbocycles. The number of hydrogen-bond acceptors (Lipinski definition) is 2. The van der Waals surface area contributed by atoms with E-state index in [1.54, 1.807) is 30.3 Å². The van der Waals surface area contributed by atoms with Gasteiger partial charge in [0, 0.05) is 21.5 Å². The quantitative estimate of drug-likeness (QED) is 0.614. The van der Waals surface area contributed by atoms with E-state index >= 15 is 0 Å². The summed E-state index contributed by atoms with van der Waals surface area (Å²) in [5.41, 5.74) is 2.43. The average Bonchev–Trinajstić information content (AvgIpc) is 2.56. The Hall–Kier alpha value is -2.65. The van der Waals surface area contributed by atoms with Crippen LogP contribution in [-0.2, 0) is 0 Å². The predicted molar refractivity (Wildman–Crippen MR) is 91.3 cm³/mol. The van der Waals surface area contributed by atoms with E-state index in [4.69, 9.17) is 11.6 Å². The lowest BCUT2D eigenvalue weighted by molar-refractivity contribution is 0.0893. The highest BCUT2D eigenvalue weighted by Gasteiger charge is 2.34. The smallest absolute Gasteiger partial charge is 0.265 e. The molecule has 1 heterocycles. The van der Waals surface area contributed by atoms with Crippen LogP contribution in [0.2, 0.25) is 5.02 Å². The van der Waals surface area contributed by atoms with Gasteiger partial charge in [-0.15, -0.1) is 0 Å². The first-order chi connectivity index (χ1) is 11.1. The summed E-state index contributed by atoms with van der Waals surface area (Å²) in [5.74, 6) is -0.630. The number of anilines is 1. The number of amides is 2. The van der Waals surface area contributed by atoms with Crippen LogP contribution in [0.3, 0.4) is 0 Å². The molecule has 3 nitrogen and oxygen atoms in total. The van der Waals surface area contributed by atoms with Crippen molar-refractivity contribution < 1.29 is 9.59 Å². The highest BCUT2D eigenvalue weighted by molar-refractivity contribution is 6.36. The Morgan fingerprint density at radius 2 is 1.48 bits per heavy atom. The summed E-state index contributed by atoms with van der Waals surface area (Å²) in [6, 6.07) is 16.2. The maximum absolute atomic E-state index is 12.9. The molecule has 1 aliphatic rings. The molecule has 0 aromatic heterocycles. The summed E-state index contributed by atoms with van der Waals surface area (Å²) in [4.78, 5) is 27.1. The molecule has 0 unspecified atom stereocenters. The highest BCUT2D eigenvalue weighted by Crippen LogP contribution is 2.34. The van der Waals surface area contributed by atoms with Crippen LogP contribution in [0.4, 0.5) is 5.69 Å². The number of aryl methyl sites for hydroxylation is 1. The molecule has 4 heteroatoms. The monoisotopic (exact) mass is 321 g/mol. The topological polar surface area (TPSA) is 37.4 Å². The number of carbonyl (C=O) groups is 2. The molecular weight excluding hydrogens is 310 g/mol. The second kappa shape index (κ2) is 4.93. The van der Waals surface area contributed by atoms with Gasteiger partial charge in [0.05, 0.1) is 5.69 Å². The van der Waals surface area contributed by atoms with E-state index in [2.05, 4.69) is 0 Å². The standard InChI is InChI=1S/C19H12ClNO2/c1-11-8-9-13(20)10-16(11)21-18(22)14-6-2-4-12-5-3-7-15(17(12)14)19(21)23/h2-10H,1H3. The number of halogens is 1. The third-order valence-electron chi connectivity index (χ3n) is 4.18. The van der Waals surface area contributed by atoms with Crippen LogP contribution in [0.15, 0.2) is 54.6 Å². The lowest BCUT2D eigenvalue weighted by atomic mass is 9.93. The van der Waals surface area contributed by atoms with Crippen molar-refractivity contribution in [3.8, 4) is 0 Å². The normalized spacial score (nSPS) is 13.7. The van der Waals surface area contributed by atoms with Gasteiger partial charge < -0.3 is 0 Å². The lowest BCUT2D eigenvalue weighted by Crippen LogP contribution is -2.40. The van der Waals surface area contributed by atoms with E-state index in [-0.39, 0.29) is 11.8 Å². The van der Waals surface area contributed by atoms with Crippen molar-refractivity contribution in [3.63, 3.8) is 0 Å². The Bertz CT molecular complexity index is 943. The molecule has 23 heavy (non-hydrogen) atoms. The molecular formula is C19H12ClNO2. The molecule has 1 aliphatic heterocycles. The molecule has 112 valence electrons. The van der Waals surface area contributed by atoms with Gasteiger partial charge >= 0.3 is 0 Å². The van der Waals surface area contributed by atoms with E-state index < -0.39 is 0 Å². The van der Waals surface area contributed by atoms with Crippen molar-refractivity contribution in [3.05, 3.63) is 76.3 Å². The zero-order chi connectivity index (χ0) is 16.1. The van der Waals surface area contributed by atoms with Crippen molar-refractivity contribution in [2.24, 2.45) is 0 Å². The molecule has 0 spiro atoms. The van der Waals surface area contributed by atoms with Gasteiger partial charge in [-0.2, -0.15) is 0 Å². The number of imide groups is 1. The fourth-order valence-electron chi connectivity index (χ4n) is 3.07. The SMILES string of the molecule is Cc1ccc(Cl)cc1N1C(=O)c2cccc3cccc(c23)C1=O. The molecule has 2 amide bonds. The van der Waals surface area contributed by atoms with Gasteiger partial charge in [0.2, 0.25) is 0 Å². The van der Waals surface area contributed by atoms with Crippen LogP contribution in [0.25, 0.3) is 10.8 Å². The maximum Gasteiger partial charge on any atom is 0.265 e. The maximum atomic E-state index is 12.9. The summed E-state index contributed by atoms with van der Waals surface area (Å²) in [6.45, 7) is 1.85. The van der Waals surface area contributed by atoms with Gasteiger partial charge in [-0.3, -0.25) is 9.59 Å². The van der Waals surface area contributed by atoms with E-state index in [1.807, 2.05) is 31.2 Å². The van der Waals surface area contributed by atoms with Crippen LogP contribution in [0.1, 0.15) is 26.3 Å². The zero-order valence-corrected chi connectivity index (χ0v) is 13.1. The summed E-state index contributed by atoms with van der Waals surface area (Å²) >= 11 is 6.06. The second-order valence-electron chi connectivity index (χ2n) is 5.59. The first kappa shape index (κ1) is 14.0. The van der Waals surface area contributed by atoms with Crippen LogP contribution >= 0.6 is 11.6 Å². The average molecular weight is 322 g/mol. The van der Waals surface area contributed by atoms with Crippen LogP contribution in [0.5, 0.6) is 0 Å². The van der Waals surface area contributed by atoms with Gasteiger partial charge in [-0.25, -0.2) is 4.90 Å². The van der Waals surface area contributed by atoms with Crippen LogP contribution in [-0.4, -0.2) is 11.8 Å². The molecule has 0 fully saturated rings. The second-order valence-corrected chi connectivity index (χ2v) is 6.02. The van der Waals surface area contributed by atoms with E-state index in [0.717, 1.165) is 16.3 Å². The molecule has 0 aliphatic carbocycles. The molecule has 0 N–H and O–H groups in total. The van der Waals surface area contributed by atoms with Crippen LogP contribution in [0, 0.1) is 6.92 Å². The van der Waals surface area contributed by atoms with Crippen molar-refractivity contribution >= 4 is 39.9 Å². The minimum absolute atomic E-state index is 0.315. The minimum Gasteiger partial charge on any atom is -0.268 e. The summed E-state index contributed by atoms with van der Waals surface area (Å²) in [5, 5.41) is 2.10. The Morgan fingerprint density at radius 1 is 0.870 bits per heavy atom. The highest BCUT2D eigenvalue weighted by atomic mass is 35.5. The number of hydrogen-bond donors (Lipinski definition) is 0. The van der Waals surface area contributed by atoms with Gasteiger partial charge in [0.15, 0.2) is 0 Å². The fourth-order valence-corrected chi connectivity index (χ4v) is 3.24. The summed E-state index contributed by atoms with van der Waals surface area (Å²) < 4.78 is 0. The molecule has 0 saturated heterocycles. The van der Waals surface area contributed by atoms with Gasteiger partial charge in [0.1, 0.15) is 0 Å². The van der Waals surface area contributed by atoms with Gasteiger partial charge in [-0.05, 0) is 42.1 Å². The molecule has 3 aromatic rings. The Morgan fingerprint density at radius 3 is 2.09 bits per heavy atom. The van der Waals surface area contributed by atoms with Crippen molar-refractivity contribution in [2.45, 2.75) is 6.92 Å². The summed E-state index contributed by atoms with van der Waals surface area (Å²) in [6.07, 6.45) is 0.